The maximum atomic E-state index is 5.66. The molecule has 0 atom stereocenters. The van der Waals surface area contributed by atoms with Gasteiger partial charge in [0, 0.05) is 38.3 Å². The van der Waals surface area contributed by atoms with Crippen LogP contribution in [-0.2, 0) is 24.1 Å². The fourth-order valence-corrected chi connectivity index (χ4v) is 2.53. The van der Waals surface area contributed by atoms with Crippen LogP contribution in [0.5, 0.6) is 0 Å². The van der Waals surface area contributed by atoms with Crippen LogP contribution in [0.3, 0.4) is 0 Å². The molecule has 6 heteroatoms. The Morgan fingerprint density at radius 2 is 2.08 bits per heavy atom. The van der Waals surface area contributed by atoms with Crippen molar-refractivity contribution in [3.8, 4) is 0 Å². The molecule has 2 N–H and O–H groups in total. The first-order chi connectivity index (χ1) is 11.8. The number of nitrogens with one attached hydrogen (secondary N) is 2. The maximum absolute atomic E-state index is 5.66. The second-order valence-electron chi connectivity index (χ2n) is 6.23. The molecular weight excluding hydrogens is 304 g/mol. The standard InChI is InChI=1S/C18H32N4O2/c1-4-16-15(17(5-2)24-22-16)12-21-18(19-6-3)20-10-7-11-23-13-14-8-9-14/h14H,4-13H2,1-3H3,(H2,19,20,21). The van der Waals surface area contributed by atoms with Crippen LogP contribution in [0.15, 0.2) is 9.52 Å². The quantitative estimate of drug-likeness (QED) is 0.369. The summed E-state index contributed by atoms with van der Waals surface area (Å²) in [6.07, 6.45) is 5.40. The van der Waals surface area contributed by atoms with Gasteiger partial charge in [0.2, 0.25) is 0 Å². The zero-order valence-electron chi connectivity index (χ0n) is 15.4. The number of nitrogens with zero attached hydrogens (tertiary/aromatic N) is 2. The highest BCUT2D eigenvalue weighted by atomic mass is 16.5. The van der Waals surface area contributed by atoms with Gasteiger partial charge in [-0.2, -0.15) is 0 Å². The summed E-state index contributed by atoms with van der Waals surface area (Å²) in [7, 11) is 0. The molecule has 0 bridgehead atoms. The van der Waals surface area contributed by atoms with Crippen molar-refractivity contribution in [2.24, 2.45) is 10.9 Å². The van der Waals surface area contributed by atoms with E-state index in [1.165, 1.54) is 12.8 Å². The summed E-state index contributed by atoms with van der Waals surface area (Å²) in [5.41, 5.74) is 2.14. The van der Waals surface area contributed by atoms with Crippen LogP contribution in [0, 0.1) is 5.92 Å². The molecule has 0 aliphatic heterocycles. The first-order valence-electron chi connectivity index (χ1n) is 9.34. The Morgan fingerprint density at radius 3 is 2.75 bits per heavy atom. The number of rotatable bonds is 11. The van der Waals surface area contributed by atoms with Crippen molar-refractivity contribution in [3.63, 3.8) is 0 Å². The minimum atomic E-state index is 0.601. The van der Waals surface area contributed by atoms with E-state index in [0.717, 1.165) is 74.5 Å². The fourth-order valence-electron chi connectivity index (χ4n) is 2.53. The largest absolute Gasteiger partial charge is 0.381 e. The topological polar surface area (TPSA) is 71.7 Å². The molecule has 1 aliphatic carbocycles. The lowest BCUT2D eigenvalue weighted by Crippen LogP contribution is -2.38. The van der Waals surface area contributed by atoms with Gasteiger partial charge in [0.15, 0.2) is 5.96 Å². The Morgan fingerprint density at radius 1 is 1.25 bits per heavy atom. The molecular formula is C18H32N4O2. The van der Waals surface area contributed by atoms with Crippen LogP contribution in [-0.4, -0.2) is 37.4 Å². The zero-order valence-corrected chi connectivity index (χ0v) is 15.4. The molecule has 0 saturated heterocycles. The van der Waals surface area contributed by atoms with Gasteiger partial charge in [0.1, 0.15) is 5.76 Å². The van der Waals surface area contributed by atoms with Crippen molar-refractivity contribution in [1.82, 2.24) is 15.8 Å². The van der Waals surface area contributed by atoms with Gasteiger partial charge in [-0.1, -0.05) is 19.0 Å². The predicted molar refractivity (Wildman–Crippen MR) is 96.2 cm³/mol. The van der Waals surface area contributed by atoms with E-state index in [4.69, 9.17) is 9.26 Å². The molecule has 0 radical (unpaired) electrons. The summed E-state index contributed by atoms with van der Waals surface area (Å²) in [6, 6.07) is 0. The Labute approximate surface area is 145 Å². The second-order valence-corrected chi connectivity index (χ2v) is 6.23. The molecule has 0 aromatic carbocycles. The summed E-state index contributed by atoms with van der Waals surface area (Å²) >= 11 is 0. The molecule has 1 aliphatic rings. The van der Waals surface area contributed by atoms with Crippen LogP contribution in [0.4, 0.5) is 0 Å². The van der Waals surface area contributed by atoms with Gasteiger partial charge in [0.25, 0.3) is 0 Å². The van der Waals surface area contributed by atoms with Crippen LogP contribution in [0.1, 0.15) is 57.1 Å². The lowest BCUT2D eigenvalue weighted by Gasteiger charge is -2.11. The van der Waals surface area contributed by atoms with Gasteiger partial charge in [-0.15, -0.1) is 0 Å². The van der Waals surface area contributed by atoms with Gasteiger partial charge in [-0.3, -0.25) is 0 Å². The van der Waals surface area contributed by atoms with E-state index in [0.29, 0.717) is 6.54 Å². The van der Waals surface area contributed by atoms with Gasteiger partial charge >= 0.3 is 0 Å². The minimum absolute atomic E-state index is 0.601. The Balaban J connectivity index is 1.77. The molecule has 24 heavy (non-hydrogen) atoms. The molecule has 6 nitrogen and oxygen atoms in total. The highest BCUT2D eigenvalue weighted by Gasteiger charge is 2.20. The van der Waals surface area contributed by atoms with Crippen molar-refractivity contribution in [3.05, 3.63) is 17.0 Å². The Hall–Kier alpha value is -1.56. The van der Waals surface area contributed by atoms with Gasteiger partial charge in [-0.25, -0.2) is 4.99 Å². The zero-order chi connectivity index (χ0) is 17.2. The third-order valence-corrected chi connectivity index (χ3v) is 4.15. The van der Waals surface area contributed by atoms with E-state index in [1.807, 2.05) is 0 Å². The van der Waals surface area contributed by atoms with E-state index in [-0.39, 0.29) is 0 Å². The third kappa shape index (κ3) is 6.15. The average molecular weight is 336 g/mol. The van der Waals surface area contributed by atoms with Crippen molar-refractivity contribution in [2.75, 3.05) is 26.3 Å². The lowest BCUT2D eigenvalue weighted by molar-refractivity contribution is 0.123. The number of hydrogen-bond acceptors (Lipinski definition) is 4. The highest BCUT2D eigenvalue weighted by molar-refractivity contribution is 5.79. The molecule has 1 aromatic heterocycles. The van der Waals surface area contributed by atoms with Gasteiger partial charge in [0.05, 0.1) is 12.2 Å². The summed E-state index contributed by atoms with van der Waals surface area (Å²) in [5.74, 6) is 2.62. The Kier molecular flexibility index (Phi) is 8.08. The van der Waals surface area contributed by atoms with E-state index in [9.17, 15) is 0 Å². The fraction of sp³-hybridized carbons (Fsp3) is 0.778. The molecule has 1 fully saturated rings. The van der Waals surface area contributed by atoms with Crippen LogP contribution < -0.4 is 10.6 Å². The van der Waals surface area contributed by atoms with E-state index >= 15 is 0 Å². The summed E-state index contributed by atoms with van der Waals surface area (Å²) in [4.78, 5) is 4.68. The number of aliphatic imine (C=N–C) groups is 1. The molecule has 1 aromatic rings. The third-order valence-electron chi connectivity index (χ3n) is 4.15. The maximum Gasteiger partial charge on any atom is 0.191 e. The van der Waals surface area contributed by atoms with Crippen molar-refractivity contribution >= 4 is 5.96 Å². The predicted octanol–water partition coefficient (Wildman–Crippen LogP) is 2.67. The highest BCUT2D eigenvalue weighted by Crippen LogP contribution is 2.28. The first-order valence-corrected chi connectivity index (χ1v) is 9.34. The molecule has 136 valence electrons. The van der Waals surface area contributed by atoms with Crippen molar-refractivity contribution in [2.45, 2.75) is 59.4 Å². The van der Waals surface area contributed by atoms with Gasteiger partial charge < -0.3 is 19.9 Å². The van der Waals surface area contributed by atoms with Crippen molar-refractivity contribution in [1.29, 1.82) is 0 Å². The first kappa shape index (κ1) is 18.8. The Bertz CT molecular complexity index is 488. The summed E-state index contributed by atoms with van der Waals surface area (Å²) in [5, 5.41) is 10.8. The molecule has 0 amide bonds. The molecule has 1 heterocycles. The number of guanidine groups is 1. The molecule has 2 rings (SSSR count). The molecule has 1 saturated carbocycles. The summed E-state index contributed by atoms with van der Waals surface area (Å²) in [6.45, 7) is 10.3. The molecule has 0 spiro atoms. The smallest absolute Gasteiger partial charge is 0.191 e. The minimum Gasteiger partial charge on any atom is -0.381 e. The van der Waals surface area contributed by atoms with Crippen LogP contribution in [0.25, 0.3) is 0 Å². The number of ether oxygens (including phenoxy) is 1. The van der Waals surface area contributed by atoms with E-state index in [1.54, 1.807) is 0 Å². The summed E-state index contributed by atoms with van der Waals surface area (Å²) < 4.78 is 11.1. The average Bonchev–Trinajstić information content (AvgIpc) is 3.33. The van der Waals surface area contributed by atoms with Crippen LogP contribution in [0.2, 0.25) is 0 Å². The number of aromatic nitrogens is 1. The van der Waals surface area contributed by atoms with E-state index < -0.39 is 0 Å². The monoisotopic (exact) mass is 336 g/mol. The number of aryl methyl sites for hydroxylation is 2. The number of hydrogen-bond donors (Lipinski definition) is 2. The second kappa shape index (κ2) is 10.3. The van der Waals surface area contributed by atoms with Gasteiger partial charge in [-0.05, 0) is 38.5 Å². The normalized spacial score (nSPS) is 14.9. The SMILES string of the molecule is CCNC(=NCc1c(CC)noc1CC)NCCCOCC1CC1. The van der Waals surface area contributed by atoms with Crippen LogP contribution >= 0.6 is 0 Å². The van der Waals surface area contributed by atoms with Crippen molar-refractivity contribution < 1.29 is 9.26 Å². The lowest BCUT2D eigenvalue weighted by atomic mass is 10.1. The molecule has 0 unspecified atom stereocenters. The van der Waals surface area contributed by atoms with E-state index in [2.05, 4.69) is 41.6 Å².